The Morgan fingerprint density at radius 3 is 2.05 bits per heavy atom. The molecule has 376 valence electrons. The summed E-state index contributed by atoms with van der Waals surface area (Å²) in [6, 6.07) is 48.0. The van der Waals surface area contributed by atoms with Crippen molar-refractivity contribution in [2.45, 2.75) is 49.2 Å². The number of hydrogen-bond donors (Lipinski definition) is 2. The molecule has 0 aliphatic carbocycles. The zero-order chi connectivity index (χ0) is 51.6. The number of benzene rings is 6. The number of imide groups is 1. The third-order valence-corrected chi connectivity index (χ3v) is 15.1. The van der Waals surface area contributed by atoms with Crippen LogP contribution >= 0.6 is 0 Å². The summed E-state index contributed by atoms with van der Waals surface area (Å²) in [6.07, 6.45) is 2.45. The van der Waals surface area contributed by atoms with Gasteiger partial charge < -0.3 is 25.0 Å². The van der Waals surface area contributed by atoms with Crippen LogP contribution in [0.5, 0.6) is 5.75 Å². The number of hydrogen-bond acceptors (Lipinski definition) is 11. The van der Waals surface area contributed by atoms with E-state index in [1.54, 1.807) is 59.8 Å². The minimum atomic E-state index is -1.99. The number of carbonyl (C=O) groups is 4. The van der Waals surface area contributed by atoms with E-state index in [9.17, 15) is 5.11 Å². The van der Waals surface area contributed by atoms with E-state index in [1.807, 2.05) is 139 Å². The van der Waals surface area contributed by atoms with Gasteiger partial charge in [0.15, 0.2) is 0 Å². The fraction of sp³-hybridized carbons (Fsp3) is 0.246. The second-order valence-electron chi connectivity index (χ2n) is 19.6. The number of phenolic OH excluding ortho intramolecular Hbond substituents is 1. The summed E-state index contributed by atoms with van der Waals surface area (Å²) in [4.78, 5) is 82.1. The summed E-state index contributed by atoms with van der Waals surface area (Å²) in [5, 5.41) is 14.0. The fourth-order valence-electron chi connectivity index (χ4n) is 11.7. The standard InChI is InChI=1S/C61H56N8O6/c1-41(44-20-9-4-10-21-44)64-60(74)68-50-31-26-42(19-15-34-65(2)40-43-17-7-3-8-18-43)39-49(50)61(58(68)73)51(56(71)66-35-37-67(38-36-66)59-62-32-16-33-63-59)53-57(72)75-54(46-24-13-6-14-25-46)52(45-22-11-5-12-23-45)69(53)55(61)47-27-29-48(70)30-28-47/h3-14,16-18,20-33,39,41,51-55,70H,34-38,40H2,1-2H3,(H,64,74)/t41-,51+,52+,53+,54-,55-,61+/m1/s1. The van der Waals surface area contributed by atoms with Gasteiger partial charge in [0.1, 0.15) is 23.3 Å². The maximum Gasteiger partial charge on any atom is 0.329 e. The summed E-state index contributed by atoms with van der Waals surface area (Å²) in [5.41, 5.74) is 3.21. The Hall–Kier alpha value is -8.64. The van der Waals surface area contributed by atoms with Gasteiger partial charge in [-0.25, -0.2) is 19.7 Å². The highest BCUT2D eigenvalue weighted by molar-refractivity contribution is 6.24. The Labute approximate surface area is 436 Å². The number of aromatic hydroxyl groups is 1. The van der Waals surface area contributed by atoms with Gasteiger partial charge in [-0.3, -0.25) is 24.2 Å². The molecule has 6 aromatic carbocycles. The van der Waals surface area contributed by atoms with Crippen LogP contribution in [0.1, 0.15) is 70.1 Å². The summed E-state index contributed by atoms with van der Waals surface area (Å²) in [6.45, 7) is 4.16. The van der Waals surface area contributed by atoms with E-state index < -0.39 is 65.4 Å². The van der Waals surface area contributed by atoms with Gasteiger partial charge in [-0.2, -0.15) is 0 Å². The van der Waals surface area contributed by atoms with Crippen LogP contribution in [-0.4, -0.2) is 99.4 Å². The van der Waals surface area contributed by atoms with Crippen molar-refractivity contribution < 1.29 is 29.0 Å². The number of phenols is 1. The van der Waals surface area contributed by atoms with Crippen LogP contribution < -0.4 is 15.1 Å². The average molecular weight is 997 g/mol. The van der Waals surface area contributed by atoms with E-state index in [-0.39, 0.29) is 24.5 Å². The molecule has 0 saturated carbocycles. The van der Waals surface area contributed by atoms with Crippen molar-refractivity contribution in [3.8, 4) is 17.6 Å². The molecule has 2 N–H and O–H groups in total. The minimum Gasteiger partial charge on any atom is -0.508 e. The highest BCUT2D eigenvalue weighted by Crippen LogP contribution is 2.66. The van der Waals surface area contributed by atoms with E-state index in [2.05, 4.69) is 44.2 Å². The number of nitrogens with zero attached hydrogens (tertiary/aromatic N) is 7. The summed E-state index contributed by atoms with van der Waals surface area (Å²) >= 11 is 0. The molecule has 4 amide bonds. The maximum atomic E-state index is 16.9. The smallest absolute Gasteiger partial charge is 0.329 e. The number of piperazine rings is 1. The van der Waals surface area contributed by atoms with Crippen LogP contribution in [0.15, 0.2) is 182 Å². The molecule has 7 aromatic rings. The number of carbonyl (C=O) groups excluding carboxylic acids is 4. The quantitative estimate of drug-likeness (QED) is 0.101. The molecule has 11 rings (SSSR count). The number of rotatable bonds is 10. The number of urea groups is 1. The topological polar surface area (TPSA) is 152 Å². The number of morpholine rings is 1. The molecule has 0 unspecified atom stereocenters. The van der Waals surface area contributed by atoms with Gasteiger partial charge in [-0.05, 0) is 83.8 Å². The van der Waals surface area contributed by atoms with Crippen LogP contribution in [0.25, 0.3) is 0 Å². The van der Waals surface area contributed by atoms with Crippen molar-refractivity contribution in [3.05, 3.63) is 221 Å². The van der Waals surface area contributed by atoms with Gasteiger partial charge in [0.2, 0.25) is 17.8 Å². The van der Waals surface area contributed by atoms with Gasteiger partial charge in [-0.1, -0.05) is 145 Å². The predicted octanol–water partition coefficient (Wildman–Crippen LogP) is 8.15. The molecule has 5 heterocycles. The van der Waals surface area contributed by atoms with Gasteiger partial charge in [0.25, 0.3) is 0 Å². The molecule has 75 heavy (non-hydrogen) atoms. The second-order valence-corrected chi connectivity index (χ2v) is 19.6. The molecule has 0 radical (unpaired) electrons. The number of amides is 4. The lowest BCUT2D eigenvalue weighted by molar-refractivity contribution is -0.179. The molecule has 7 atom stereocenters. The first kappa shape index (κ1) is 48.6. The van der Waals surface area contributed by atoms with Crippen molar-refractivity contribution in [2.75, 3.05) is 49.6 Å². The first-order valence-corrected chi connectivity index (χ1v) is 25.3. The zero-order valence-corrected chi connectivity index (χ0v) is 41.6. The third-order valence-electron chi connectivity index (χ3n) is 15.1. The molecule has 14 heteroatoms. The molecule has 4 aliphatic rings. The predicted molar refractivity (Wildman–Crippen MR) is 284 cm³/mol. The van der Waals surface area contributed by atoms with Crippen LogP contribution in [0.3, 0.4) is 0 Å². The van der Waals surface area contributed by atoms with Gasteiger partial charge in [0.05, 0.1) is 36.3 Å². The van der Waals surface area contributed by atoms with Crippen LogP contribution in [0, 0.1) is 17.8 Å². The van der Waals surface area contributed by atoms with Crippen molar-refractivity contribution in [3.63, 3.8) is 0 Å². The van der Waals surface area contributed by atoms with E-state index >= 15 is 19.2 Å². The van der Waals surface area contributed by atoms with E-state index in [4.69, 9.17) is 4.74 Å². The Bertz CT molecular complexity index is 3260. The number of fused-ring (bicyclic) bond motifs is 3. The summed E-state index contributed by atoms with van der Waals surface area (Å²) in [5.74, 6) is 3.95. The first-order chi connectivity index (χ1) is 36.6. The zero-order valence-electron chi connectivity index (χ0n) is 41.6. The Morgan fingerprint density at radius 2 is 1.39 bits per heavy atom. The van der Waals surface area contributed by atoms with Crippen molar-refractivity contribution in [1.82, 2.24) is 30.0 Å². The third kappa shape index (κ3) is 9.04. The van der Waals surface area contributed by atoms with Gasteiger partial charge >= 0.3 is 12.0 Å². The summed E-state index contributed by atoms with van der Waals surface area (Å²) in [7, 11) is 2.00. The lowest BCUT2D eigenvalue weighted by Gasteiger charge is -2.46. The SMILES string of the molecule is C[C@@H](NC(=O)N1C(=O)[C@@]2(c3cc(C#CCN(C)Cc4ccccc4)ccc31)[C@H](C(=O)N1CCN(c3ncccn3)CC1)[C@H]1C(=O)O[C@H](c3ccccc3)[C@H](c3ccccc3)N1[C@@H]2c1ccc(O)cc1)c1ccccc1. The largest absolute Gasteiger partial charge is 0.508 e. The molecule has 4 aliphatic heterocycles. The van der Waals surface area contributed by atoms with E-state index in [1.165, 1.54) is 0 Å². The lowest BCUT2D eigenvalue weighted by Crippen LogP contribution is -2.59. The molecule has 1 aromatic heterocycles. The molecule has 1 spiro atoms. The fourth-order valence-corrected chi connectivity index (χ4v) is 11.7. The van der Waals surface area contributed by atoms with Crippen molar-refractivity contribution in [2.24, 2.45) is 5.92 Å². The van der Waals surface area contributed by atoms with Crippen molar-refractivity contribution >= 4 is 35.5 Å². The molecule has 3 saturated heterocycles. The van der Waals surface area contributed by atoms with E-state index in [0.29, 0.717) is 48.8 Å². The highest BCUT2D eigenvalue weighted by Gasteiger charge is 2.76. The molecular formula is C61H56N8O6. The minimum absolute atomic E-state index is 0.0149. The monoisotopic (exact) mass is 996 g/mol. The number of ether oxygens (including phenoxy) is 1. The Morgan fingerprint density at radius 1 is 0.760 bits per heavy atom. The molecule has 0 bridgehead atoms. The average Bonchev–Trinajstić information content (AvgIpc) is 4.02. The number of nitrogens with one attached hydrogen (secondary N) is 1. The molecule has 14 nitrogen and oxygen atoms in total. The van der Waals surface area contributed by atoms with Crippen LogP contribution in [0.2, 0.25) is 0 Å². The Balaban J connectivity index is 1.13. The van der Waals surface area contributed by atoms with Crippen LogP contribution in [0.4, 0.5) is 16.4 Å². The summed E-state index contributed by atoms with van der Waals surface area (Å²) < 4.78 is 6.70. The van der Waals surface area contributed by atoms with Crippen LogP contribution in [-0.2, 0) is 31.1 Å². The number of aromatic nitrogens is 2. The highest BCUT2D eigenvalue weighted by atomic mass is 16.6. The van der Waals surface area contributed by atoms with Gasteiger partial charge in [-0.15, -0.1) is 0 Å². The van der Waals surface area contributed by atoms with E-state index in [0.717, 1.165) is 27.2 Å². The maximum absolute atomic E-state index is 16.9. The Kier molecular flexibility index (Phi) is 13.4. The number of anilines is 2. The van der Waals surface area contributed by atoms with Gasteiger partial charge in [0, 0.05) is 50.7 Å². The second kappa shape index (κ2) is 20.7. The molecule has 3 fully saturated rings. The molecular weight excluding hydrogens is 941 g/mol. The lowest BCUT2D eigenvalue weighted by atomic mass is 9.64. The number of cyclic esters (lactones) is 1. The number of esters is 1. The first-order valence-electron chi connectivity index (χ1n) is 25.3. The normalized spacial score (nSPS) is 22.5. The van der Waals surface area contributed by atoms with Crippen molar-refractivity contribution in [1.29, 1.82) is 0 Å².